The lowest BCUT2D eigenvalue weighted by molar-refractivity contribution is -0.0249. The van der Waals surface area contributed by atoms with Gasteiger partial charge in [-0.2, -0.15) is 0 Å². The standard InChI is InChI=1S/C23H29NO.ClH/c1-18(16-24-17-19-12-14-22(24)15-13-19)23(25,20-8-4-2-5-9-20)21-10-6-3-7-11-21;/h2-11,18-19,22,25H,12-17H2,1H3;1H. The van der Waals surface area contributed by atoms with Crippen LogP contribution >= 0.6 is 12.4 Å². The molecule has 1 aliphatic carbocycles. The van der Waals surface area contributed by atoms with Crippen molar-refractivity contribution in [2.75, 3.05) is 13.1 Å². The van der Waals surface area contributed by atoms with Crippen LogP contribution in [-0.4, -0.2) is 29.1 Å². The quantitative estimate of drug-likeness (QED) is 0.811. The molecule has 2 saturated heterocycles. The Hall–Kier alpha value is -1.35. The van der Waals surface area contributed by atoms with E-state index in [0.29, 0.717) is 0 Å². The first-order chi connectivity index (χ1) is 12.2. The molecule has 2 aliphatic heterocycles. The number of benzene rings is 2. The highest BCUT2D eigenvalue weighted by molar-refractivity contribution is 5.85. The number of nitrogens with zero attached hydrogens (tertiary/aromatic N) is 1. The molecule has 3 fully saturated rings. The molecule has 140 valence electrons. The summed E-state index contributed by atoms with van der Waals surface area (Å²) < 4.78 is 0. The molecule has 0 amide bonds. The molecule has 0 aromatic heterocycles. The molecule has 1 unspecified atom stereocenters. The summed E-state index contributed by atoms with van der Waals surface area (Å²) in [5, 5.41) is 11.9. The molecule has 2 aromatic carbocycles. The second-order valence-corrected chi connectivity index (χ2v) is 8.03. The Labute approximate surface area is 163 Å². The molecular weight excluding hydrogens is 342 g/mol. The smallest absolute Gasteiger partial charge is 0.118 e. The maximum atomic E-state index is 11.9. The molecule has 1 atom stereocenters. The predicted octanol–water partition coefficient (Wildman–Crippen LogP) is 4.85. The highest BCUT2D eigenvalue weighted by Gasteiger charge is 2.41. The summed E-state index contributed by atoms with van der Waals surface area (Å²) in [4.78, 5) is 2.65. The van der Waals surface area contributed by atoms with Crippen molar-refractivity contribution in [2.45, 2.75) is 44.2 Å². The number of aliphatic hydroxyl groups is 1. The van der Waals surface area contributed by atoms with Crippen molar-refractivity contribution in [3.63, 3.8) is 0 Å². The fourth-order valence-electron chi connectivity index (χ4n) is 5.00. The van der Waals surface area contributed by atoms with Gasteiger partial charge >= 0.3 is 0 Å². The van der Waals surface area contributed by atoms with Crippen LogP contribution in [0.15, 0.2) is 60.7 Å². The average molecular weight is 372 g/mol. The van der Waals surface area contributed by atoms with Gasteiger partial charge in [0.1, 0.15) is 5.60 Å². The molecule has 2 aromatic rings. The third kappa shape index (κ3) is 3.55. The third-order valence-electron chi connectivity index (χ3n) is 6.47. The summed E-state index contributed by atoms with van der Waals surface area (Å²) in [6.07, 6.45) is 5.48. The summed E-state index contributed by atoms with van der Waals surface area (Å²) >= 11 is 0. The fraction of sp³-hybridized carbons (Fsp3) is 0.478. The van der Waals surface area contributed by atoms with Crippen molar-refractivity contribution < 1.29 is 5.11 Å². The zero-order chi connectivity index (χ0) is 17.3. The third-order valence-corrected chi connectivity index (χ3v) is 6.47. The van der Waals surface area contributed by atoms with Gasteiger partial charge in [0.25, 0.3) is 0 Å². The lowest BCUT2D eigenvalue weighted by Gasteiger charge is -2.48. The van der Waals surface area contributed by atoms with E-state index in [1.165, 1.54) is 32.2 Å². The van der Waals surface area contributed by atoms with Crippen molar-refractivity contribution in [1.82, 2.24) is 4.90 Å². The summed E-state index contributed by atoms with van der Waals surface area (Å²) in [6.45, 7) is 4.39. The first-order valence-electron chi connectivity index (χ1n) is 9.75. The molecule has 3 heteroatoms. The summed E-state index contributed by atoms with van der Waals surface area (Å²) in [7, 11) is 0. The van der Waals surface area contributed by atoms with Crippen LogP contribution in [0.4, 0.5) is 0 Å². The molecule has 3 aliphatic rings. The number of piperidine rings is 2. The Morgan fingerprint density at radius 3 is 1.85 bits per heavy atom. The van der Waals surface area contributed by atoms with Gasteiger partial charge in [0.15, 0.2) is 0 Å². The first-order valence-corrected chi connectivity index (χ1v) is 9.75. The van der Waals surface area contributed by atoms with Gasteiger partial charge in [-0.05, 0) is 42.7 Å². The molecule has 1 saturated carbocycles. The average Bonchev–Trinajstić information content (AvgIpc) is 2.69. The second kappa shape index (κ2) is 8.12. The molecule has 26 heavy (non-hydrogen) atoms. The molecular formula is C23H30ClNO. The van der Waals surface area contributed by atoms with Gasteiger partial charge in [-0.3, -0.25) is 4.90 Å². The van der Waals surface area contributed by atoms with Crippen LogP contribution < -0.4 is 0 Å². The lowest BCUT2D eigenvalue weighted by atomic mass is 9.75. The van der Waals surface area contributed by atoms with E-state index in [2.05, 4.69) is 36.1 Å². The number of rotatable bonds is 5. The number of hydrogen-bond donors (Lipinski definition) is 1. The highest BCUT2D eigenvalue weighted by atomic mass is 35.5. The van der Waals surface area contributed by atoms with E-state index in [0.717, 1.165) is 29.6 Å². The fourth-order valence-corrected chi connectivity index (χ4v) is 5.00. The molecule has 2 heterocycles. The highest BCUT2D eigenvalue weighted by Crippen LogP contribution is 2.40. The van der Waals surface area contributed by atoms with Crippen LogP contribution in [-0.2, 0) is 5.60 Å². The van der Waals surface area contributed by atoms with Crippen molar-refractivity contribution in [1.29, 1.82) is 0 Å². The molecule has 1 N–H and O–H groups in total. The van der Waals surface area contributed by atoms with E-state index >= 15 is 0 Å². The van der Waals surface area contributed by atoms with Crippen LogP contribution in [0.25, 0.3) is 0 Å². The second-order valence-electron chi connectivity index (χ2n) is 8.03. The topological polar surface area (TPSA) is 23.5 Å². The van der Waals surface area contributed by atoms with Gasteiger partial charge in [0, 0.05) is 25.0 Å². The summed E-state index contributed by atoms with van der Waals surface area (Å²) in [5.74, 6) is 1.01. The minimum Gasteiger partial charge on any atom is -0.380 e. The van der Waals surface area contributed by atoms with Gasteiger partial charge in [0.05, 0.1) is 0 Å². The van der Waals surface area contributed by atoms with E-state index in [1.54, 1.807) is 0 Å². The van der Waals surface area contributed by atoms with Crippen molar-refractivity contribution >= 4 is 12.4 Å². The normalized spacial score (nSPS) is 24.1. The Morgan fingerprint density at radius 2 is 1.42 bits per heavy atom. The minimum atomic E-state index is -0.945. The van der Waals surface area contributed by atoms with E-state index in [-0.39, 0.29) is 18.3 Å². The van der Waals surface area contributed by atoms with E-state index in [4.69, 9.17) is 0 Å². The molecule has 0 spiro atoms. The zero-order valence-corrected chi connectivity index (χ0v) is 16.4. The van der Waals surface area contributed by atoms with Crippen LogP contribution in [0, 0.1) is 11.8 Å². The van der Waals surface area contributed by atoms with Crippen LogP contribution in [0.1, 0.15) is 43.7 Å². The lowest BCUT2D eigenvalue weighted by Crippen LogP contribution is -2.52. The van der Waals surface area contributed by atoms with Gasteiger partial charge in [-0.15, -0.1) is 12.4 Å². The van der Waals surface area contributed by atoms with Crippen LogP contribution in [0.5, 0.6) is 0 Å². The molecule has 5 rings (SSSR count). The van der Waals surface area contributed by atoms with E-state index in [1.807, 2.05) is 36.4 Å². The van der Waals surface area contributed by atoms with Gasteiger partial charge < -0.3 is 5.11 Å². The molecule has 2 bridgehead atoms. The summed E-state index contributed by atoms with van der Waals surface area (Å²) in [6, 6.07) is 21.1. The van der Waals surface area contributed by atoms with Crippen LogP contribution in [0.3, 0.4) is 0 Å². The number of fused-ring (bicyclic) bond motifs is 3. The van der Waals surface area contributed by atoms with Gasteiger partial charge in [0.2, 0.25) is 0 Å². The maximum Gasteiger partial charge on any atom is 0.118 e. The largest absolute Gasteiger partial charge is 0.380 e. The number of halogens is 1. The Morgan fingerprint density at radius 1 is 0.923 bits per heavy atom. The van der Waals surface area contributed by atoms with Gasteiger partial charge in [-0.1, -0.05) is 67.6 Å². The van der Waals surface area contributed by atoms with Gasteiger partial charge in [-0.25, -0.2) is 0 Å². The Kier molecular flexibility index (Phi) is 6.06. The monoisotopic (exact) mass is 371 g/mol. The molecule has 2 nitrogen and oxygen atoms in total. The Bertz CT molecular complexity index is 642. The maximum absolute atomic E-state index is 11.9. The number of hydrogen-bond acceptors (Lipinski definition) is 2. The Balaban J connectivity index is 0.00000196. The zero-order valence-electron chi connectivity index (χ0n) is 15.6. The van der Waals surface area contributed by atoms with Crippen molar-refractivity contribution in [3.8, 4) is 0 Å². The van der Waals surface area contributed by atoms with E-state index < -0.39 is 5.60 Å². The molecule has 0 radical (unpaired) electrons. The van der Waals surface area contributed by atoms with E-state index in [9.17, 15) is 5.11 Å². The minimum absolute atomic E-state index is 0. The first kappa shape index (κ1) is 19.4. The van der Waals surface area contributed by atoms with Crippen molar-refractivity contribution in [3.05, 3.63) is 71.8 Å². The van der Waals surface area contributed by atoms with Crippen molar-refractivity contribution in [2.24, 2.45) is 11.8 Å². The summed E-state index contributed by atoms with van der Waals surface area (Å²) in [5.41, 5.74) is 1.05. The van der Waals surface area contributed by atoms with Crippen LogP contribution in [0.2, 0.25) is 0 Å². The predicted molar refractivity (Wildman–Crippen MR) is 110 cm³/mol. The SMILES string of the molecule is CC(CN1CC2CCC1CC2)C(O)(c1ccccc1)c1ccccc1.Cl.